The minimum atomic E-state index is -0.322. The van der Waals surface area contributed by atoms with Crippen molar-refractivity contribution in [1.29, 1.82) is 0 Å². The molecule has 1 aliphatic rings. The van der Waals surface area contributed by atoms with Crippen LogP contribution in [0.4, 0.5) is 11.4 Å². The van der Waals surface area contributed by atoms with E-state index in [4.69, 9.17) is 0 Å². The summed E-state index contributed by atoms with van der Waals surface area (Å²) in [6.07, 6.45) is 0. The summed E-state index contributed by atoms with van der Waals surface area (Å²) in [5, 5.41) is 11.2. The molecule has 0 aromatic heterocycles. The molecule has 0 N–H and O–H groups in total. The normalized spacial score (nSPS) is 13.8. The van der Waals surface area contributed by atoms with E-state index in [0.29, 0.717) is 0 Å². The molecular formula is C23H22N2O2. The Morgan fingerprint density at radius 2 is 1.37 bits per heavy atom. The van der Waals surface area contributed by atoms with Crippen molar-refractivity contribution in [1.82, 2.24) is 0 Å². The fraction of sp³-hybridized carbons (Fsp3) is 0.217. The molecule has 27 heavy (non-hydrogen) atoms. The monoisotopic (exact) mass is 358 g/mol. The van der Waals surface area contributed by atoms with Gasteiger partial charge in [0.25, 0.3) is 5.69 Å². The molecule has 0 radical (unpaired) electrons. The molecule has 3 aromatic carbocycles. The van der Waals surface area contributed by atoms with Crippen molar-refractivity contribution in [2.24, 2.45) is 0 Å². The first-order valence-electron chi connectivity index (χ1n) is 9.00. The van der Waals surface area contributed by atoms with Crippen molar-refractivity contribution in [3.05, 3.63) is 81.9 Å². The highest BCUT2D eigenvalue weighted by atomic mass is 16.6. The number of hydrogen-bond donors (Lipinski definition) is 0. The number of fused-ring (bicyclic) bond motifs is 3. The van der Waals surface area contributed by atoms with Gasteiger partial charge in [0.1, 0.15) is 0 Å². The lowest BCUT2D eigenvalue weighted by Gasteiger charge is -2.22. The molecule has 136 valence electrons. The summed E-state index contributed by atoms with van der Waals surface area (Å²) >= 11 is 0. The highest BCUT2D eigenvalue weighted by molar-refractivity contribution is 5.84. The number of nitrogens with zero attached hydrogens (tertiary/aromatic N) is 2. The fourth-order valence-corrected chi connectivity index (χ4v) is 3.97. The molecule has 4 heteroatoms. The van der Waals surface area contributed by atoms with Crippen LogP contribution in [0.5, 0.6) is 0 Å². The molecule has 0 heterocycles. The molecule has 0 amide bonds. The maximum absolute atomic E-state index is 11.2. The Morgan fingerprint density at radius 1 is 0.815 bits per heavy atom. The van der Waals surface area contributed by atoms with Gasteiger partial charge in [-0.3, -0.25) is 10.1 Å². The average Bonchev–Trinajstić information content (AvgIpc) is 2.88. The predicted octanol–water partition coefficient (Wildman–Crippen LogP) is 5.63. The number of rotatable bonds is 3. The van der Waals surface area contributed by atoms with Crippen LogP contribution in [0.1, 0.15) is 25.0 Å². The number of benzene rings is 3. The number of nitro groups is 1. The van der Waals surface area contributed by atoms with Gasteiger partial charge in [-0.2, -0.15) is 0 Å². The summed E-state index contributed by atoms with van der Waals surface area (Å²) in [5.74, 6) is 0. The largest absolute Gasteiger partial charge is 0.378 e. The van der Waals surface area contributed by atoms with Crippen molar-refractivity contribution in [2.75, 3.05) is 19.0 Å². The van der Waals surface area contributed by atoms with E-state index in [9.17, 15) is 10.1 Å². The standard InChI is InChI=1S/C23H22N2O2/c1-23(2)21-13-16(15-5-8-17(9-6-15)24(3)4)7-11-19(21)20-12-10-18(25(26)27)14-22(20)23/h5-14H,1-4H3. The first-order chi connectivity index (χ1) is 12.8. The highest BCUT2D eigenvalue weighted by Gasteiger charge is 2.36. The Bertz CT molecular complexity index is 1050. The van der Waals surface area contributed by atoms with Gasteiger partial charge in [-0.15, -0.1) is 0 Å². The predicted molar refractivity (Wildman–Crippen MR) is 110 cm³/mol. The van der Waals surface area contributed by atoms with Crippen LogP contribution in [0.3, 0.4) is 0 Å². The van der Waals surface area contributed by atoms with E-state index < -0.39 is 0 Å². The van der Waals surface area contributed by atoms with Gasteiger partial charge in [0.2, 0.25) is 0 Å². The van der Waals surface area contributed by atoms with E-state index in [-0.39, 0.29) is 16.0 Å². The topological polar surface area (TPSA) is 46.4 Å². The first kappa shape index (κ1) is 17.3. The van der Waals surface area contributed by atoms with Crippen LogP contribution >= 0.6 is 0 Å². The zero-order chi connectivity index (χ0) is 19.3. The molecule has 3 aromatic rings. The number of non-ortho nitro benzene ring substituents is 1. The quantitative estimate of drug-likeness (QED) is 0.450. The maximum Gasteiger partial charge on any atom is 0.269 e. The van der Waals surface area contributed by atoms with Crippen molar-refractivity contribution < 1.29 is 4.92 Å². The first-order valence-corrected chi connectivity index (χ1v) is 9.00. The van der Waals surface area contributed by atoms with Gasteiger partial charge in [-0.25, -0.2) is 0 Å². The minimum Gasteiger partial charge on any atom is -0.378 e. The number of hydrogen-bond acceptors (Lipinski definition) is 3. The van der Waals surface area contributed by atoms with Crippen LogP contribution in [0.2, 0.25) is 0 Å². The molecular weight excluding hydrogens is 336 g/mol. The lowest BCUT2D eigenvalue weighted by Crippen LogP contribution is -2.15. The fourth-order valence-electron chi connectivity index (χ4n) is 3.97. The Hall–Kier alpha value is -3.14. The molecule has 0 spiro atoms. The lowest BCUT2D eigenvalue weighted by molar-refractivity contribution is -0.384. The molecule has 0 saturated heterocycles. The third-order valence-corrected chi connectivity index (χ3v) is 5.59. The van der Waals surface area contributed by atoms with Gasteiger partial charge in [-0.05, 0) is 57.6 Å². The van der Waals surface area contributed by atoms with Gasteiger partial charge < -0.3 is 4.90 Å². The summed E-state index contributed by atoms with van der Waals surface area (Å²) in [7, 11) is 4.06. The summed E-state index contributed by atoms with van der Waals surface area (Å²) in [5.41, 5.74) is 7.87. The smallest absolute Gasteiger partial charge is 0.269 e. The van der Waals surface area contributed by atoms with Gasteiger partial charge in [0.05, 0.1) is 4.92 Å². The van der Waals surface area contributed by atoms with E-state index in [1.165, 1.54) is 22.4 Å². The third-order valence-electron chi connectivity index (χ3n) is 5.59. The van der Waals surface area contributed by atoms with E-state index in [2.05, 4.69) is 61.2 Å². The molecule has 0 unspecified atom stereocenters. The summed E-state index contributed by atoms with van der Waals surface area (Å²) in [4.78, 5) is 13.0. The van der Waals surface area contributed by atoms with Crippen molar-refractivity contribution in [2.45, 2.75) is 19.3 Å². The molecule has 0 saturated carbocycles. The summed E-state index contributed by atoms with van der Waals surface area (Å²) in [6, 6.07) is 20.2. The maximum atomic E-state index is 11.2. The highest BCUT2D eigenvalue weighted by Crippen LogP contribution is 2.50. The second-order valence-corrected chi connectivity index (χ2v) is 7.81. The van der Waals surface area contributed by atoms with Crippen LogP contribution in [0.25, 0.3) is 22.3 Å². The average molecular weight is 358 g/mol. The lowest BCUT2D eigenvalue weighted by atomic mass is 9.81. The summed E-state index contributed by atoms with van der Waals surface area (Å²) < 4.78 is 0. The Morgan fingerprint density at radius 3 is 1.96 bits per heavy atom. The second kappa shape index (κ2) is 5.95. The Kier molecular flexibility index (Phi) is 3.81. The van der Waals surface area contributed by atoms with Crippen molar-refractivity contribution in [3.8, 4) is 22.3 Å². The van der Waals surface area contributed by atoms with Crippen molar-refractivity contribution >= 4 is 11.4 Å². The van der Waals surface area contributed by atoms with E-state index in [1.807, 2.05) is 20.2 Å². The zero-order valence-electron chi connectivity index (χ0n) is 16.0. The molecule has 4 rings (SSSR count). The van der Waals surface area contributed by atoms with Gasteiger partial charge in [0.15, 0.2) is 0 Å². The van der Waals surface area contributed by atoms with E-state index >= 15 is 0 Å². The minimum absolute atomic E-state index is 0.147. The van der Waals surface area contributed by atoms with Crippen LogP contribution in [-0.2, 0) is 5.41 Å². The van der Waals surface area contributed by atoms with Gasteiger partial charge in [0, 0.05) is 37.3 Å². The summed E-state index contributed by atoms with van der Waals surface area (Å²) in [6.45, 7) is 4.28. The van der Waals surface area contributed by atoms with Crippen LogP contribution in [0.15, 0.2) is 60.7 Å². The number of anilines is 1. The Balaban J connectivity index is 1.81. The molecule has 4 nitrogen and oxygen atoms in total. The third kappa shape index (κ3) is 2.69. The molecule has 0 fully saturated rings. The van der Waals surface area contributed by atoms with Crippen LogP contribution in [-0.4, -0.2) is 19.0 Å². The number of nitro benzene ring substituents is 1. The molecule has 0 aliphatic heterocycles. The van der Waals surface area contributed by atoms with E-state index in [0.717, 1.165) is 16.7 Å². The SMILES string of the molecule is CN(C)c1ccc(-c2ccc3c(c2)C(C)(C)c2cc([N+](=O)[O-])ccc2-3)cc1. The van der Waals surface area contributed by atoms with Crippen LogP contribution in [0, 0.1) is 10.1 Å². The Labute approximate surface area is 159 Å². The zero-order valence-corrected chi connectivity index (χ0v) is 16.0. The second-order valence-electron chi connectivity index (χ2n) is 7.81. The molecule has 0 bridgehead atoms. The van der Waals surface area contributed by atoms with Gasteiger partial charge in [-0.1, -0.05) is 38.1 Å². The van der Waals surface area contributed by atoms with Crippen molar-refractivity contribution in [3.63, 3.8) is 0 Å². The van der Waals surface area contributed by atoms with E-state index in [1.54, 1.807) is 12.1 Å². The van der Waals surface area contributed by atoms with Crippen LogP contribution < -0.4 is 4.90 Å². The van der Waals surface area contributed by atoms with Gasteiger partial charge >= 0.3 is 0 Å². The molecule has 1 aliphatic carbocycles. The molecule has 0 atom stereocenters.